The summed E-state index contributed by atoms with van der Waals surface area (Å²) in [5.41, 5.74) is 5.16. The first-order valence-electron chi connectivity index (χ1n) is 5.74. The summed E-state index contributed by atoms with van der Waals surface area (Å²) in [6.45, 7) is 7.23. The Morgan fingerprint density at radius 2 is 2.06 bits per heavy atom. The van der Waals surface area contributed by atoms with Crippen molar-refractivity contribution >= 4 is 10.2 Å². The minimum atomic E-state index is -3.36. The highest BCUT2D eigenvalue weighted by atomic mass is 32.2. The van der Waals surface area contributed by atoms with Crippen LogP contribution in [-0.2, 0) is 10.2 Å². The standard InChI is InChI=1S/C10H23N3O2S/c1-10(2,3)12-16(14,15)13-6-4-5-9(7-11)8-13/h9,12H,4-8,11H2,1-3H3. The third kappa shape index (κ3) is 4.01. The van der Waals surface area contributed by atoms with E-state index in [0.717, 1.165) is 12.8 Å². The Labute approximate surface area is 98.6 Å². The molecule has 0 radical (unpaired) electrons. The molecule has 5 nitrogen and oxygen atoms in total. The van der Waals surface area contributed by atoms with Crippen LogP contribution in [0.5, 0.6) is 0 Å². The number of piperidine rings is 1. The highest BCUT2D eigenvalue weighted by Gasteiger charge is 2.30. The molecule has 0 aromatic heterocycles. The van der Waals surface area contributed by atoms with Crippen molar-refractivity contribution in [3.05, 3.63) is 0 Å². The number of nitrogens with one attached hydrogen (secondary N) is 1. The van der Waals surface area contributed by atoms with Crippen LogP contribution in [0.4, 0.5) is 0 Å². The van der Waals surface area contributed by atoms with Crippen molar-refractivity contribution in [2.75, 3.05) is 19.6 Å². The van der Waals surface area contributed by atoms with Crippen molar-refractivity contribution in [1.82, 2.24) is 9.03 Å². The van der Waals surface area contributed by atoms with Crippen LogP contribution in [-0.4, -0.2) is 37.9 Å². The first kappa shape index (κ1) is 13.9. The van der Waals surface area contributed by atoms with Gasteiger partial charge >= 0.3 is 0 Å². The molecule has 1 unspecified atom stereocenters. The lowest BCUT2D eigenvalue weighted by atomic mass is 10.0. The zero-order valence-electron chi connectivity index (χ0n) is 10.4. The van der Waals surface area contributed by atoms with E-state index in [2.05, 4.69) is 4.72 Å². The maximum absolute atomic E-state index is 12.0. The van der Waals surface area contributed by atoms with Crippen molar-refractivity contribution in [1.29, 1.82) is 0 Å². The molecule has 0 aliphatic carbocycles. The maximum Gasteiger partial charge on any atom is 0.279 e. The summed E-state index contributed by atoms with van der Waals surface area (Å²) < 4.78 is 28.3. The molecule has 96 valence electrons. The van der Waals surface area contributed by atoms with Crippen LogP contribution in [0.2, 0.25) is 0 Å². The highest BCUT2D eigenvalue weighted by molar-refractivity contribution is 7.87. The van der Waals surface area contributed by atoms with Crippen molar-refractivity contribution in [2.24, 2.45) is 11.7 Å². The zero-order chi connectivity index (χ0) is 12.4. The molecular weight excluding hydrogens is 226 g/mol. The average Bonchev–Trinajstić information content (AvgIpc) is 2.14. The van der Waals surface area contributed by atoms with Crippen LogP contribution in [0.1, 0.15) is 33.6 Å². The van der Waals surface area contributed by atoms with E-state index in [1.807, 2.05) is 20.8 Å². The summed E-state index contributed by atoms with van der Waals surface area (Å²) in [7, 11) is -3.36. The van der Waals surface area contributed by atoms with Gasteiger partial charge in [-0.25, -0.2) is 0 Å². The Morgan fingerprint density at radius 1 is 1.44 bits per heavy atom. The van der Waals surface area contributed by atoms with E-state index in [9.17, 15) is 8.42 Å². The lowest BCUT2D eigenvalue weighted by molar-refractivity contribution is 0.265. The summed E-state index contributed by atoms with van der Waals surface area (Å²) in [6.07, 6.45) is 1.92. The van der Waals surface area contributed by atoms with Crippen molar-refractivity contribution in [2.45, 2.75) is 39.2 Å². The SMILES string of the molecule is CC(C)(C)NS(=O)(=O)N1CCCC(CN)C1. The van der Waals surface area contributed by atoms with Crippen LogP contribution in [0.15, 0.2) is 0 Å². The Hall–Kier alpha value is -0.170. The fourth-order valence-electron chi connectivity index (χ4n) is 1.89. The van der Waals surface area contributed by atoms with Crippen LogP contribution in [0, 0.1) is 5.92 Å². The van der Waals surface area contributed by atoms with E-state index >= 15 is 0 Å². The summed E-state index contributed by atoms with van der Waals surface area (Å²) in [4.78, 5) is 0. The van der Waals surface area contributed by atoms with E-state index in [-0.39, 0.29) is 0 Å². The Bertz CT molecular complexity index is 321. The molecule has 1 aliphatic rings. The molecule has 3 N–H and O–H groups in total. The fourth-order valence-corrected chi connectivity index (χ4v) is 3.57. The van der Waals surface area contributed by atoms with Gasteiger partial charge in [0.1, 0.15) is 0 Å². The maximum atomic E-state index is 12.0. The van der Waals surface area contributed by atoms with Gasteiger partial charge in [0, 0.05) is 18.6 Å². The molecule has 0 spiro atoms. The smallest absolute Gasteiger partial charge is 0.279 e. The minimum Gasteiger partial charge on any atom is -0.330 e. The molecule has 0 aromatic carbocycles. The third-order valence-corrected chi connectivity index (χ3v) is 4.47. The summed E-state index contributed by atoms with van der Waals surface area (Å²) >= 11 is 0. The lowest BCUT2D eigenvalue weighted by Gasteiger charge is -2.33. The Balaban J connectivity index is 2.68. The van der Waals surface area contributed by atoms with E-state index in [1.165, 1.54) is 4.31 Å². The second-order valence-corrected chi connectivity index (χ2v) is 7.13. The van der Waals surface area contributed by atoms with Crippen molar-refractivity contribution < 1.29 is 8.42 Å². The Kier molecular flexibility index (Phi) is 4.34. The van der Waals surface area contributed by atoms with E-state index in [1.54, 1.807) is 0 Å². The quantitative estimate of drug-likeness (QED) is 0.755. The third-order valence-electron chi connectivity index (χ3n) is 2.59. The average molecular weight is 249 g/mol. The van der Waals surface area contributed by atoms with Gasteiger partial charge in [-0.3, -0.25) is 0 Å². The molecule has 1 fully saturated rings. The summed E-state index contributed by atoms with van der Waals surface area (Å²) in [5, 5.41) is 0. The Morgan fingerprint density at radius 3 is 2.56 bits per heavy atom. The molecule has 0 amide bonds. The van der Waals surface area contributed by atoms with Gasteiger partial charge in [0.25, 0.3) is 10.2 Å². The normalized spacial score (nSPS) is 24.6. The van der Waals surface area contributed by atoms with E-state index < -0.39 is 15.7 Å². The zero-order valence-corrected chi connectivity index (χ0v) is 11.2. The minimum absolute atomic E-state index is 0.297. The second-order valence-electron chi connectivity index (χ2n) is 5.46. The summed E-state index contributed by atoms with van der Waals surface area (Å²) in [5.74, 6) is 0.297. The predicted molar refractivity (Wildman–Crippen MR) is 65.2 cm³/mol. The fraction of sp³-hybridized carbons (Fsp3) is 1.00. The second kappa shape index (κ2) is 5.00. The monoisotopic (exact) mass is 249 g/mol. The van der Waals surface area contributed by atoms with Gasteiger partial charge in [-0.05, 0) is 46.1 Å². The van der Waals surface area contributed by atoms with Gasteiger partial charge in [-0.1, -0.05) is 0 Å². The van der Waals surface area contributed by atoms with Crippen LogP contribution >= 0.6 is 0 Å². The van der Waals surface area contributed by atoms with Gasteiger partial charge in [0.05, 0.1) is 0 Å². The molecule has 1 aliphatic heterocycles. The van der Waals surface area contributed by atoms with Gasteiger partial charge < -0.3 is 5.73 Å². The molecule has 6 heteroatoms. The molecule has 1 rings (SSSR count). The van der Waals surface area contributed by atoms with Gasteiger partial charge in [0.15, 0.2) is 0 Å². The van der Waals surface area contributed by atoms with Crippen molar-refractivity contribution in [3.63, 3.8) is 0 Å². The predicted octanol–water partition coefficient (Wildman–Crippen LogP) is 0.290. The summed E-state index contributed by atoms with van der Waals surface area (Å²) in [6, 6.07) is 0. The first-order chi connectivity index (χ1) is 7.24. The van der Waals surface area contributed by atoms with Gasteiger partial charge in [-0.2, -0.15) is 17.4 Å². The molecule has 0 bridgehead atoms. The molecule has 16 heavy (non-hydrogen) atoms. The molecule has 0 aromatic rings. The lowest BCUT2D eigenvalue weighted by Crippen LogP contribution is -2.52. The number of nitrogens with zero attached hydrogens (tertiary/aromatic N) is 1. The largest absolute Gasteiger partial charge is 0.330 e. The molecular formula is C10H23N3O2S. The van der Waals surface area contributed by atoms with Crippen LogP contribution in [0.25, 0.3) is 0 Å². The molecule has 1 atom stereocenters. The van der Waals surface area contributed by atoms with Gasteiger partial charge in [-0.15, -0.1) is 0 Å². The van der Waals surface area contributed by atoms with Gasteiger partial charge in [0.2, 0.25) is 0 Å². The number of hydrogen-bond acceptors (Lipinski definition) is 3. The first-order valence-corrected chi connectivity index (χ1v) is 7.18. The molecule has 1 saturated heterocycles. The topological polar surface area (TPSA) is 75.4 Å². The number of rotatable bonds is 3. The molecule has 1 heterocycles. The number of hydrogen-bond donors (Lipinski definition) is 2. The molecule has 0 saturated carbocycles. The van der Waals surface area contributed by atoms with Crippen LogP contribution < -0.4 is 10.5 Å². The van der Waals surface area contributed by atoms with Crippen molar-refractivity contribution in [3.8, 4) is 0 Å². The van der Waals surface area contributed by atoms with E-state index in [0.29, 0.717) is 25.6 Å². The number of nitrogens with two attached hydrogens (primary N) is 1. The van der Waals surface area contributed by atoms with Crippen LogP contribution in [0.3, 0.4) is 0 Å². The van der Waals surface area contributed by atoms with E-state index in [4.69, 9.17) is 5.73 Å². The highest BCUT2D eigenvalue weighted by Crippen LogP contribution is 2.18.